The van der Waals surface area contributed by atoms with Gasteiger partial charge in [0.2, 0.25) is 5.91 Å². The zero-order chi connectivity index (χ0) is 13.0. The Balaban J connectivity index is 1.92. The van der Waals surface area contributed by atoms with Crippen LogP contribution >= 0.6 is 0 Å². The highest BCUT2D eigenvalue weighted by atomic mass is 16.5. The number of carbonyl (C=O) groups excluding carboxylic acids is 1. The van der Waals surface area contributed by atoms with E-state index in [0.717, 1.165) is 11.4 Å². The SMILES string of the molecule is Cc1ccc(NC(C)C(=O)N2CCOCC2)nc1. The maximum Gasteiger partial charge on any atom is 0.244 e. The van der Waals surface area contributed by atoms with Gasteiger partial charge in [0.1, 0.15) is 11.9 Å². The summed E-state index contributed by atoms with van der Waals surface area (Å²) < 4.78 is 5.23. The van der Waals surface area contributed by atoms with Crippen molar-refractivity contribution in [3.8, 4) is 0 Å². The topological polar surface area (TPSA) is 54.5 Å². The molecule has 1 unspecified atom stereocenters. The van der Waals surface area contributed by atoms with E-state index < -0.39 is 0 Å². The molecule has 0 bridgehead atoms. The lowest BCUT2D eigenvalue weighted by Gasteiger charge is -2.29. The Morgan fingerprint density at radius 1 is 1.44 bits per heavy atom. The fraction of sp³-hybridized carbons (Fsp3) is 0.538. The third-order valence-corrected chi connectivity index (χ3v) is 2.97. The normalized spacial score (nSPS) is 17.3. The Bertz CT molecular complexity index is 399. The summed E-state index contributed by atoms with van der Waals surface area (Å²) >= 11 is 0. The van der Waals surface area contributed by atoms with Gasteiger partial charge in [0.05, 0.1) is 13.2 Å². The van der Waals surface area contributed by atoms with Gasteiger partial charge in [-0.25, -0.2) is 4.98 Å². The third-order valence-electron chi connectivity index (χ3n) is 2.97. The van der Waals surface area contributed by atoms with Gasteiger partial charge in [-0.15, -0.1) is 0 Å². The molecule has 2 rings (SSSR count). The lowest BCUT2D eigenvalue weighted by atomic mass is 10.2. The van der Waals surface area contributed by atoms with Crippen molar-refractivity contribution in [2.24, 2.45) is 0 Å². The highest BCUT2D eigenvalue weighted by molar-refractivity contribution is 5.84. The van der Waals surface area contributed by atoms with Gasteiger partial charge in [0.15, 0.2) is 0 Å². The monoisotopic (exact) mass is 249 g/mol. The summed E-state index contributed by atoms with van der Waals surface area (Å²) in [5.74, 6) is 0.829. The van der Waals surface area contributed by atoms with Gasteiger partial charge in [-0.3, -0.25) is 4.79 Å². The summed E-state index contributed by atoms with van der Waals surface area (Å²) in [5.41, 5.74) is 1.10. The van der Waals surface area contributed by atoms with Crippen LogP contribution < -0.4 is 5.32 Å². The number of anilines is 1. The Hall–Kier alpha value is -1.62. The molecule has 0 aromatic carbocycles. The summed E-state index contributed by atoms with van der Waals surface area (Å²) in [5, 5.41) is 3.12. The van der Waals surface area contributed by atoms with Crippen LogP contribution in [0.15, 0.2) is 18.3 Å². The molecule has 0 saturated carbocycles. The van der Waals surface area contributed by atoms with Crippen LogP contribution in [-0.2, 0) is 9.53 Å². The van der Waals surface area contributed by atoms with Crippen molar-refractivity contribution >= 4 is 11.7 Å². The molecule has 1 aliphatic rings. The quantitative estimate of drug-likeness (QED) is 0.870. The lowest BCUT2D eigenvalue weighted by Crippen LogP contribution is -2.47. The van der Waals surface area contributed by atoms with Gasteiger partial charge in [0, 0.05) is 19.3 Å². The van der Waals surface area contributed by atoms with Crippen LogP contribution in [0.3, 0.4) is 0 Å². The second-order valence-corrected chi connectivity index (χ2v) is 4.52. The summed E-state index contributed by atoms with van der Waals surface area (Å²) in [6.07, 6.45) is 1.79. The van der Waals surface area contributed by atoms with E-state index >= 15 is 0 Å². The minimum absolute atomic E-state index is 0.0978. The molecule has 1 aromatic rings. The number of hydrogen-bond acceptors (Lipinski definition) is 4. The number of nitrogens with zero attached hydrogens (tertiary/aromatic N) is 2. The first-order valence-electron chi connectivity index (χ1n) is 6.22. The summed E-state index contributed by atoms with van der Waals surface area (Å²) in [4.78, 5) is 18.2. The molecular formula is C13H19N3O2. The summed E-state index contributed by atoms with van der Waals surface area (Å²) in [7, 11) is 0. The van der Waals surface area contributed by atoms with E-state index in [4.69, 9.17) is 4.74 Å². The van der Waals surface area contributed by atoms with E-state index in [-0.39, 0.29) is 11.9 Å². The van der Waals surface area contributed by atoms with Gasteiger partial charge < -0.3 is 15.0 Å². The van der Waals surface area contributed by atoms with Gasteiger partial charge >= 0.3 is 0 Å². The van der Waals surface area contributed by atoms with Crippen molar-refractivity contribution in [2.45, 2.75) is 19.9 Å². The molecule has 0 aliphatic carbocycles. The van der Waals surface area contributed by atoms with Crippen LogP contribution in [0.1, 0.15) is 12.5 Å². The maximum absolute atomic E-state index is 12.1. The van der Waals surface area contributed by atoms with Crippen LogP contribution in [0.4, 0.5) is 5.82 Å². The first-order chi connectivity index (χ1) is 8.66. The predicted octanol–water partition coefficient (Wildman–Crippen LogP) is 1.05. The van der Waals surface area contributed by atoms with Crippen LogP contribution in [-0.4, -0.2) is 48.1 Å². The highest BCUT2D eigenvalue weighted by Gasteiger charge is 2.22. The Labute approximate surface area is 107 Å². The van der Waals surface area contributed by atoms with E-state index in [1.807, 2.05) is 30.9 Å². The van der Waals surface area contributed by atoms with E-state index in [1.54, 1.807) is 6.20 Å². The van der Waals surface area contributed by atoms with Crippen molar-refractivity contribution in [3.05, 3.63) is 23.9 Å². The van der Waals surface area contributed by atoms with Gasteiger partial charge in [-0.2, -0.15) is 0 Å². The van der Waals surface area contributed by atoms with E-state index in [2.05, 4.69) is 10.3 Å². The number of amides is 1. The molecule has 1 aromatic heterocycles. The number of ether oxygens (including phenoxy) is 1. The Morgan fingerprint density at radius 2 is 2.17 bits per heavy atom. The van der Waals surface area contributed by atoms with Crippen LogP contribution in [0.5, 0.6) is 0 Å². The molecule has 1 fully saturated rings. The molecule has 0 radical (unpaired) electrons. The number of rotatable bonds is 3. The predicted molar refractivity (Wildman–Crippen MR) is 69.5 cm³/mol. The second-order valence-electron chi connectivity index (χ2n) is 4.52. The number of aromatic nitrogens is 1. The lowest BCUT2D eigenvalue weighted by molar-refractivity contribution is -0.135. The maximum atomic E-state index is 12.1. The first-order valence-corrected chi connectivity index (χ1v) is 6.22. The van der Waals surface area contributed by atoms with Crippen LogP contribution in [0, 0.1) is 6.92 Å². The zero-order valence-electron chi connectivity index (χ0n) is 10.8. The summed E-state index contributed by atoms with van der Waals surface area (Å²) in [6, 6.07) is 3.60. The number of nitrogens with one attached hydrogen (secondary N) is 1. The molecule has 2 heterocycles. The fourth-order valence-corrected chi connectivity index (χ4v) is 1.89. The minimum Gasteiger partial charge on any atom is -0.378 e. The zero-order valence-corrected chi connectivity index (χ0v) is 10.8. The number of morpholine rings is 1. The van der Waals surface area contributed by atoms with Crippen LogP contribution in [0.25, 0.3) is 0 Å². The molecular weight excluding hydrogens is 230 g/mol. The van der Waals surface area contributed by atoms with Crippen molar-refractivity contribution in [3.63, 3.8) is 0 Å². The molecule has 98 valence electrons. The van der Waals surface area contributed by atoms with E-state index in [1.165, 1.54) is 0 Å². The fourth-order valence-electron chi connectivity index (χ4n) is 1.89. The summed E-state index contributed by atoms with van der Waals surface area (Å²) in [6.45, 7) is 6.44. The van der Waals surface area contributed by atoms with E-state index in [9.17, 15) is 4.79 Å². The van der Waals surface area contributed by atoms with Gasteiger partial charge in [0.25, 0.3) is 0 Å². The molecule has 1 aliphatic heterocycles. The molecule has 1 N–H and O–H groups in total. The molecule has 5 heteroatoms. The van der Waals surface area contributed by atoms with Gasteiger partial charge in [-0.05, 0) is 25.5 Å². The highest BCUT2D eigenvalue weighted by Crippen LogP contribution is 2.08. The second kappa shape index (κ2) is 5.82. The molecule has 1 amide bonds. The standard InChI is InChI=1S/C13H19N3O2/c1-10-3-4-12(14-9-10)15-11(2)13(17)16-5-7-18-8-6-16/h3-4,9,11H,5-8H2,1-2H3,(H,14,15). The van der Waals surface area contributed by atoms with Crippen LogP contribution in [0.2, 0.25) is 0 Å². The Morgan fingerprint density at radius 3 is 2.78 bits per heavy atom. The smallest absolute Gasteiger partial charge is 0.244 e. The van der Waals surface area contributed by atoms with Crippen molar-refractivity contribution in [1.29, 1.82) is 0 Å². The minimum atomic E-state index is -0.265. The molecule has 0 spiro atoms. The number of aryl methyl sites for hydroxylation is 1. The number of pyridine rings is 1. The molecule has 1 atom stereocenters. The third kappa shape index (κ3) is 3.20. The molecule has 5 nitrogen and oxygen atoms in total. The largest absolute Gasteiger partial charge is 0.378 e. The van der Waals surface area contributed by atoms with Gasteiger partial charge in [-0.1, -0.05) is 6.07 Å². The van der Waals surface area contributed by atoms with Crippen molar-refractivity contribution in [2.75, 3.05) is 31.6 Å². The van der Waals surface area contributed by atoms with E-state index in [0.29, 0.717) is 26.3 Å². The van der Waals surface area contributed by atoms with Crippen molar-refractivity contribution in [1.82, 2.24) is 9.88 Å². The number of hydrogen-bond donors (Lipinski definition) is 1. The first kappa shape index (κ1) is 12.8. The molecule has 1 saturated heterocycles. The Kier molecular flexibility index (Phi) is 4.15. The van der Waals surface area contributed by atoms with Crippen molar-refractivity contribution < 1.29 is 9.53 Å². The average Bonchev–Trinajstić information content (AvgIpc) is 2.41. The number of carbonyl (C=O) groups is 1. The molecule has 18 heavy (non-hydrogen) atoms. The average molecular weight is 249 g/mol.